The molecule has 0 spiro atoms. The average Bonchev–Trinajstić information content (AvgIpc) is 4.04. The monoisotopic (exact) mass is 812 g/mol. The van der Waals surface area contributed by atoms with Gasteiger partial charge < -0.3 is 29.1 Å². The molecule has 0 aliphatic carbocycles. The molecule has 12 rings (SSSR count). The standard InChI is InChI=1S/C48H36N12O2/c1-55-29-57(47-45(55)51-21-23-53-47)31-9-7-11-33(25-31)61-35-15-17-37-39(27-35)59(41-13-3-5-19-49-41)44-38-18-16-36(28-40(38)60(43(37)44)42-14-4-6-20-50-42)62-34-12-8-10-32(26-34)58-30-56(2)46-48(58)54-24-22-52-46/h3-28H,29-30H2,1-2H3. The molecule has 0 unspecified atom stereocenters. The van der Waals surface area contributed by atoms with Crippen molar-refractivity contribution in [2.24, 2.45) is 0 Å². The summed E-state index contributed by atoms with van der Waals surface area (Å²) in [6.45, 7) is 1.27. The maximum absolute atomic E-state index is 6.65. The predicted molar refractivity (Wildman–Crippen MR) is 241 cm³/mol. The number of hydrogen-bond donors (Lipinski definition) is 0. The van der Waals surface area contributed by atoms with Gasteiger partial charge in [0.2, 0.25) is 0 Å². The van der Waals surface area contributed by atoms with Gasteiger partial charge in [-0.15, -0.1) is 0 Å². The van der Waals surface area contributed by atoms with E-state index >= 15 is 0 Å². The summed E-state index contributed by atoms with van der Waals surface area (Å²) in [4.78, 5) is 36.5. The van der Waals surface area contributed by atoms with Gasteiger partial charge in [0, 0.05) is 97.7 Å². The number of hydrogen-bond acceptors (Lipinski definition) is 12. The maximum atomic E-state index is 6.65. The summed E-state index contributed by atoms with van der Waals surface area (Å²) in [5.41, 5.74) is 5.78. The minimum absolute atomic E-state index is 0.634. The van der Waals surface area contributed by atoms with E-state index in [1.54, 1.807) is 24.8 Å². The Morgan fingerprint density at radius 2 is 0.839 bits per heavy atom. The molecular formula is C48H36N12O2. The van der Waals surface area contributed by atoms with Crippen molar-refractivity contribution in [3.8, 4) is 34.6 Å². The molecule has 2 aliphatic rings. The van der Waals surface area contributed by atoms with Crippen LogP contribution in [-0.4, -0.2) is 66.5 Å². The Bertz CT molecular complexity index is 3110. The zero-order valence-electron chi connectivity index (χ0n) is 33.6. The molecule has 8 heterocycles. The number of ether oxygens (including phenoxy) is 2. The Morgan fingerprint density at radius 1 is 0.403 bits per heavy atom. The van der Waals surface area contributed by atoms with Gasteiger partial charge in [0.15, 0.2) is 23.3 Å². The van der Waals surface area contributed by atoms with Gasteiger partial charge in [0.1, 0.15) is 34.6 Å². The molecule has 0 N–H and O–H groups in total. The summed E-state index contributed by atoms with van der Waals surface area (Å²) in [6.07, 6.45) is 10.5. The highest BCUT2D eigenvalue weighted by Gasteiger charge is 2.29. The Hall–Kier alpha value is -8.52. The number of aromatic nitrogens is 8. The van der Waals surface area contributed by atoms with Crippen molar-refractivity contribution in [3.63, 3.8) is 0 Å². The van der Waals surface area contributed by atoms with E-state index in [1.807, 2.05) is 111 Å². The molecule has 4 aromatic carbocycles. The first-order valence-corrected chi connectivity index (χ1v) is 20.2. The van der Waals surface area contributed by atoms with E-state index in [0.717, 1.165) is 79.1 Å². The van der Waals surface area contributed by atoms with Crippen LogP contribution in [0.15, 0.2) is 159 Å². The third-order valence-electron chi connectivity index (χ3n) is 11.4. The van der Waals surface area contributed by atoms with Crippen LogP contribution in [0.5, 0.6) is 23.0 Å². The zero-order valence-corrected chi connectivity index (χ0v) is 33.6. The molecule has 6 aromatic heterocycles. The lowest BCUT2D eigenvalue weighted by Crippen LogP contribution is -2.24. The van der Waals surface area contributed by atoms with Crippen molar-refractivity contribution in [1.29, 1.82) is 0 Å². The van der Waals surface area contributed by atoms with Gasteiger partial charge in [0.05, 0.1) is 35.4 Å². The lowest BCUT2D eigenvalue weighted by molar-refractivity contribution is 0.483. The van der Waals surface area contributed by atoms with E-state index in [1.165, 1.54) is 0 Å². The quantitative estimate of drug-likeness (QED) is 0.145. The van der Waals surface area contributed by atoms with Crippen molar-refractivity contribution in [3.05, 3.63) is 159 Å². The van der Waals surface area contributed by atoms with Crippen LogP contribution in [0.3, 0.4) is 0 Å². The first-order chi connectivity index (χ1) is 30.6. The van der Waals surface area contributed by atoms with E-state index in [4.69, 9.17) is 19.4 Å². The highest BCUT2D eigenvalue weighted by atomic mass is 16.5. The zero-order chi connectivity index (χ0) is 41.3. The highest BCUT2D eigenvalue weighted by Crippen LogP contribution is 2.44. The first-order valence-electron chi connectivity index (χ1n) is 20.2. The summed E-state index contributed by atoms with van der Waals surface area (Å²) >= 11 is 0. The van der Waals surface area contributed by atoms with E-state index < -0.39 is 0 Å². The van der Waals surface area contributed by atoms with Crippen LogP contribution in [0, 0.1) is 0 Å². The van der Waals surface area contributed by atoms with Crippen LogP contribution in [0.2, 0.25) is 0 Å². The Morgan fingerprint density at radius 3 is 1.27 bits per heavy atom. The number of pyridine rings is 2. The number of nitrogens with zero attached hydrogens (tertiary/aromatic N) is 12. The fraction of sp³-hybridized carbons (Fsp3) is 0.0833. The molecule has 10 aromatic rings. The van der Waals surface area contributed by atoms with E-state index in [9.17, 15) is 0 Å². The Balaban J connectivity index is 0.966. The second kappa shape index (κ2) is 14.1. The molecular weight excluding hydrogens is 777 g/mol. The summed E-state index contributed by atoms with van der Waals surface area (Å²) in [7, 11) is 4.03. The number of anilines is 6. The second-order valence-corrected chi connectivity index (χ2v) is 15.2. The van der Waals surface area contributed by atoms with Crippen LogP contribution in [0.25, 0.3) is 44.5 Å². The Labute approximate surface area is 355 Å². The van der Waals surface area contributed by atoms with Crippen LogP contribution < -0.4 is 29.1 Å². The van der Waals surface area contributed by atoms with E-state index in [2.05, 4.69) is 85.1 Å². The third-order valence-corrected chi connectivity index (χ3v) is 11.4. The van der Waals surface area contributed by atoms with E-state index in [0.29, 0.717) is 36.3 Å². The Kier molecular flexibility index (Phi) is 8.03. The third kappa shape index (κ3) is 5.72. The molecule has 62 heavy (non-hydrogen) atoms. The summed E-state index contributed by atoms with van der Waals surface area (Å²) in [5, 5.41) is 2.02. The molecule has 0 radical (unpaired) electrons. The van der Waals surface area contributed by atoms with Crippen LogP contribution >= 0.6 is 0 Å². The molecule has 14 heteroatoms. The first kappa shape index (κ1) is 35.4. The number of fused-ring (bicyclic) bond motifs is 7. The minimum Gasteiger partial charge on any atom is -0.457 e. The predicted octanol–water partition coefficient (Wildman–Crippen LogP) is 9.77. The number of benzene rings is 4. The maximum Gasteiger partial charge on any atom is 0.178 e. The SMILES string of the molecule is CN1CN(c2cccc(Oc3ccc4c(c3)n(-c3ccccn3)c3c5ccc(Oc6cccc(N7CN(C)c8nccnc87)c6)cc5n(-c5ccccn5)c43)c2)c2nccnc21. The minimum atomic E-state index is 0.634. The molecule has 0 saturated heterocycles. The van der Waals surface area contributed by atoms with Gasteiger partial charge >= 0.3 is 0 Å². The fourth-order valence-corrected chi connectivity index (χ4v) is 8.69. The van der Waals surface area contributed by atoms with Gasteiger partial charge in [-0.25, -0.2) is 29.9 Å². The average molecular weight is 813 g/mol. The number of rotatable bonds is 8. The van der Waals surface area contributed by atoms with Crippen molar-refractivity contribution < 1.29 is 9.47 Å². The summed E-state index contributed by atoms with van der Waals surface area (Å²) in [5.74, 6) is 7.66. The van der Waals surface area contributed by atoms with Gasteiger partial charge in [0.25, 0.3) is 0 Å². The van der Waals surface area contributed by atoms with E-state index in [-0.39, 0.29) is 0 Å². The fourth-order valence-electron chi connectivity index (χ4n) is 8.69. The smallest absolute Gasteiger partial charge is 0.178 e. The highest BCUT2D eigenvalue weighted by molar-refractivity contribution is 6.20. The van der Waals surface area contributed by atoms with Crippen LogP contribution in [0.4, 0.5) is 34.6 Å². The molecule has 0 atom stereocenters. The molecule has 0 fully saturated rings. The molecule has 0 saturated carbocycles. The summed E-state index contributed by atoms with van der Waals surface area (Å²) < 4.78 is 17.7. The lowest BCUT2D eigenvalue weighted by Gasteiger charge is -2.19. The lowest BCUT2D eigenvalue weighted by atomic mass is 10.2. The molecule has 300 valence electrons. The normalized spacial score (nSPS) is 13.4. The molecule has 14 nitrogen and oxygen atoms in total. The van der Waals surface area contributed by atoms with Crippen molar-refractivity contribution in [1.82, 2.24) is 39.0 Å². The van der Waals surface area contributed by atoms with Gasteiger partial charge in [-0.3, -0.25) is 9.13 Å². The van der Waals surface area contributed by atoms with Crippen molar-refractivity contribution in [2.75, 3.05) is 47.0 Å². The molecule has 0 amide bonds. The second-order valence-electron chi connectivity index (χ2n) is 15.2. The van der Waals surface area contributed by atoms with Crippen LogP contribution in [-0.2, 0) is 0 Å². The molecule has 0 bridgehead atoms. The van der Waals surface area contributed by atoms with Gasteiger partial charge in [-0.2, -0.15) is 0 Å². The molecule has 2 aliphatic heterocycles. The summed E-state index contributed by atoms with van der Waals surface area (Å²) in [6, 6.07) is 40.5. The van der Waals surface area contributed by atoms with Crippen LogP contribution in [0.1, 0.15) is 0 Å². The topological polar surface area (TPSA) is 119 Å². The largest absolute Gasteiger partial charge is 0.457 e. The van der Waals surface area contributed by atoms with Gasteiger partial charge in [-0.05, 0) is 72.8 Å². The van der Waals surface area contributed by atoms with Gasteiger partial charge in [-0.1, -0.05) is 24.3 Å². The van der Waals surface area contributed by atoms with Crippen molar-refractivity contribution in [2.45, 2.75) is 0 Å². The van der Waals surface area contributed by atoms with Crippen molar-refractivity contribution >= 4 is 67.5 Å².